The van der Waals surface area contributed by atoms with Crippen LogP contribution in [0.2, 0.25) is 0 Å². The zero-order valence-corrected chi connectivity index (χ0v) is 19.2. The molecule has 3 aromatic rings. The standard InChI is InChI=1S/C24H19BrF5NO3/c25-16-10-20(26)18(21(27)11-16)13-23(32)31-17-6-7-22(19(12-17)24(28,29)30)34-9-8-33-14-15-4-2-1-3-5-15/h1-7,10-12H,8-9,13-14H2,(H,31,32). The quantitative estimate of drug-likeness (QED) is 0.247. The van der Waals surface area contributed by atoms with Gasteiger partial charge in [0.2, 0.25) is 5.91 Å². The summed E-state index contributed by atoms with van der Waals surface area (Å²) in [6, 6.07) is 14.2. The Bertz CT molecular complexity index is 1120. The number of carbonyl (C=O) groups is 1. The second-order valence-electron chi connectivity index (χ2n) is 7.17. The molecule has 0 aliphatic carbocycles. The van der Waals surface area contributed by atoms with E-state index in [0.717, 1.165) is 23.8 Å². The van der Waals surface area contributed by atoms with Crippen LogP contribution < -0.4 is 10.1 Å². The highest BCUT2D eigenvalue weighted by molar-refractivity contribution is 9.10. The van der Waals surface area contributed by atoms with E-state index in [4.69, 9.17) is 9.47 Å². The van der Waals surface area contributed by atoms with Crippen LogP contribution in [0.1, 0.15) is 16.7 Å². The highest BCUT2D eigenvalue weighted by atomic mass is 79.9. The first-order valence-electron chi connectivity index (χ1n) is 10.0. The van der Waals surface area contributed by atoms with Gasteiger partial charge in [-0.05, 0) is 35.9 Å². The maximum absolute atomic E-state index is 13.9. The lowest BCUT2D eigenvalue weighted by atomic mass is 10.1. The van der Waals surface area contributed by atoms with Gasteiger partial charge < -0.3 is 14.8 Å². The third kappa shape index (κ3) is 7.26. The molecule has 4 nitrogen and oxygen atoms in total. The number of nitrogens with one attached hydrogen (secondary N) is 1. The fraction of sp³-hybridized carbons (Fsp3) is 0.208. The van der Waals surface area contributed by atoms with Gasteiger partial charge in [0.1, 0.15) is 24.0 Å². The number of ether oxygens (including phenoxy) is 2. The third-order valence-electron chi connectivity index (χ3n) is 4.61. The van der Waals surface area contributed by atoms with Crippen LogP contribution in [0.4, 0.5) is 27.6 Å². The van der Waals surface area contributed by atoms with E-state index in [2.05, 4.69) is 21.2 Å². The van der Waals surface area contributed by atoms with Crippen molar-refractivity contribution in [1.29, 1.82) is 0 Å². The van der Waals surface area contributed by atoms with E-state index >= 15 is 0 Å². The fourth-order valence-electron chi connectivity index (χ4n) is 3.04. The molecule has 3 rings (SSSR count). The third-order valence-corrected chi connectivity index (χ3v) is 5.07. The number of hydrogen-bond donors (Lipinski definition) is 1. The van der Waals surface area contributed by atoms with E-state index < -0.39 is 47.0 Å². The van der Waals surface area contributed by atoms with Crippen molar-refractivity contribution in [2.24, 2.45) is 0 Å². The number of halogens is 6. The average Bonchev–Trinajstić information content (AvgIpc) is 2.77. The van der Waals surface area contributed by atoms with Crippen molar-refractivity contribution in [2.45, 2.75) is 19.2 Å². The Hall–Kier alpha value is -2.98. The molecule has 0 atom stereocenters. The van der Waals surface area contributed by atoms with Crippen molar-refractivity contribution in [3.63, 3.8) is 0 Å². The maximum Gasteiger partial charge on any atom is 0.420 e. The predicted molar refractivity (Wildman–Crippen MR) is 119 cm³/mol. The van der Waals surface area contributed by atoms with E-state index in [1.54, 1.807) is 0 Å². The molecule has 0 aromatic heterocycles. The topological polar surface area (TPSA) is 47.6 Å². The van der Waals surface area contributed by atoms with Gasteiger partial charge in [0, 0.05) is 15.7 Å². The second kappa shape index (κ2) is 11.4. The summed E-state index contributed by atoms with van der Waals surface area (Å²) >= 11 is 2.93. The molecule has 0 radical (unpaired) electrons. The Morgan fingerprint density at radius 2 is 1.62 bits per heavy atom. The molecule has 3 aromatic carbocycles. The van der Waals surface area contributed by atoms with E-state index in [1.165, 1.54) is 6.07 Å². The van der Waals surface area contributed by atoms with Crippen molar-refractivity contribution in [1.82, 2.24) is 0 Å². The Labute approximate surface area is 200 Å². The number of rotatable bonds is 9. The van der Waals surface area contributed by atoms with Crippen LogP contribution in [0.25, 0.3) is 0 Å². The van der Waals surface area contributed by atoms with Crippen LogP contribution in [0.5, 0.6) is 5.75 Å². The molecular weight excluding hydrogens is 525 g/mol. The van der Waals surface area contributed by atoms with E-state index in [0.29, 0.717) is 12.7 Å². The van der Waals surface area contributed by atoms with Crippen molar-refractivity contribution < 1.29 is 36.2 Å². The molecule has 0 aliphatic heterocycles. The van der Waals surface area contributed by atoms with Gasteiger partial charge in [-0.15, -0.1) is 0 Å². The molecule has 34 heavy (non-hydrogen) atoms. The lowest BCUT2D eigenvalue weighted by Crippen LogP contribution is -2.17. The number of anilines is 1. The monoisotopic (exact) mass is 543 g/mol. The molecular formula is C24H19BrF5NO3. The Balaban J connectivity index is 1.62. The molecule has 0 saturated carbocycles. The summed E-state index contributed by atoms with van der Waals surface area (Å²) < 4.78 is 79.2. The van der Waals surface area contributed by atoms with Gasteiger partial charge in [0.05, 0.1) is 25.2 Å². The molecule has 0 bridgehead atoms. The number of benzene rings is 3. The number of alkyl halides is 3. The number of hydrogen-bond acceptors (Lipinski definition) is 3. The van der Waals surface area contributed by atoms with Crippen LogP contribution in [-0.4, -0.2) is 19.1 Å². The fourth-order valence-corrected chi connectivity index (χ4v) is 3.44. The van der Waals surface area contributed by atoms with Gasteiger partial charge in [-0.1, -0.05) is 46.3 Å². The zero-order chi connectivity index (χ0) is 24.7. The molecule has 0 spiro atoms. The van der Waals surface area contributed by atoms with Crippen molar-refractivity contribution in [3.05, 3.63) is 93.5 Å². The van der Waals surface area contributed by atoms with Crippen molar-refractivity contribution in [3.8, 4) is 5.75 Å². The zero-order valence-electron chi connectivity index (χ0n) is 17.6. The Morgan fingerprint density at radius 1 is 0.941 bits per heavy atom. The smallest absolute Gasteiger partial charge is 0.420 e. The van der Waals surface area contributed by atoms with Gasteiger partial charge in [-0.2, -0.15) is 13.2 Å². The molecule has 0 saturated heterocycles. The normalized spacial score (nSPS) is 11.4. The first-order valence-corrected chi connectivity index (χ1v) is 10.8. The van der Waals surface area contributed by atoms with E-state index in [9.17, 15) is 26.7 Å². The van der Waals surface area contributed by atoms with Crippen LogP contribution >= 0.6 is 15.9 Å². The molecule has 180 valence electrons. The molecule has 0 unspecified atom stereocenters. The minimum Gasteiger partial charge on any atom is -0.491 e. The molecule has 10 heteroatoms. The lowest BCUT2D eigenvalue weighted by Gasteiger charge is -2.16. The highest BCUT2D eigenvalue weighted by Gasteiger charge is 2.35. The minimum absolute atomic E-state index is 0.0645. The molecule has 1 N–H and O–H groups in total. The van der Waals surface area contributed by atoms with E-state index in [1.807, 2.05) is 30.3 Å². The van der Waals surface area contributed by atoms with Gasteiger partial charge in [0.25, 0.3) is 0 Å². The van der Waals surface area contributed by atoms with Gasteiger partial charge in [-0.25, -0.2) is 8.78 Å². The summed E-state index contributed by atoms with van der Waals surface area (Å²) in [6.07, 6.45) is -5.45. The maximum atomic E-state index is 13.9. The summed E-state index contributed by atoms with van der Waals surface area (Å²) in [5, 5.41) is 2.23. The number of carbonyl (C=O) groups excluding carboxylic acids is 1. The van der Waals surface area contributed by atoms with Crippen LogP contribution in [0, 0.1) is 11.6 Å². The van der Waals surface area contributed by atoms with Gasteiger partial charge in [-0.3, -0.25) is 4.79 Å². The highest BCUT2D eigenvalue weighted by Crippen LogP contribution is 2.38. The summed E-state index contributed by atoms with van der Waals surface area (Å²) in [4.78, 5) is 12.2. The lowest BCUT2D eigenvalue weighted by molar-refractivity contribution is -0.139. The first-order chi connectivity index (χ1) is 16.1. The molecule has 1 amide bonds. The van der Waals surface area contributed by atoms with E-state index in [-0.39, 0.29) is 23.4 Å². The summed E-state index contributed by atoms with van der Waals surface area (Å²) in [5.41, 5.74) is -0.869. The molecule has 0 heterocycles. The van der Waals surface area contributed by atoms with Crippen molar-refractivity contribution >= 4 is 27.5 Å². The predicted octanol–water partition coefficient (Wildman–Crippen LogP) is 6.52. The van der Waals surface area contributed by atoms with Crippen LogP contribution in [0.15, 0.2) is 65.1 Å². The van der Waals surface area contributed by atoms with Crippen LogP contribution in [-0.2, 0) is 28.7 Å². The minimum atomic E-state index is -4.76. The Morgan fingerprint density at radius 3 is 2.26 bits per heavy atom. The SMILES string of the molecule is O=C(Cc1c(F)cc(Br)cc1F)Nc1ccc(OCCOCc2ccccc2)c(C(F)(F)F)c1. The summed E-state index contributed by atoms with van der Waals surface area (Å²) in [5.74, 6) is -3.21. The summed E-state index contributed by atoms with van der Waals surface area (Å²) in [6.45, 7) is 0.236. The average molecular weight is 544 g/mol. The Kier molecular flexibility index (Phi) is 8.62. The van der Waals surface area contributed by atoms with Gasteiger partial charge >= 0.3 is 6.18 Å². The van der Waals surface area contributed by atoms with Crippen LogP contribution in [0.3, 0.4) is 0 Å². The van der Waals surface area contributed by atoms with Crippen molar-refractivity contribution in [2.75, 3.05) is 18.5 Å². The first kappa shape index (κ1) is 25.6. The van der Waals surface area contributed by atoms with Gasteiger partial charge in [0.15, 0.2) is 0 Å². The molecule has 0 fully saturated rings. The largest absolute Gasteiger partial charge is 0.491 e. The molecule has 0 aliphatic rings. The summed E-state index contributed by atoms with van der Waals surface area (Å²) in [7, 11) is 0. The number of amides is 1. The second-order valence-corrected chi connectivity index (χ2v) is 8.08.